The van der Waals surface area contributed by atoms with Crippen LogP contribution < -0.4 is 5.73 Å². The molecule has 0 atom stereocenters. The maximum Gasteiger partial charge on any atom is 0.155 e. The van der Waals surface area contributed by atoms with Gasteiger partial charge in [0.05, 0.1) is 5.69 Å². The van der Waals surface area contributed by atoms with Crippen LogP contribution in [-0.4, -0.2) is 15.0 Å². The lowest BCUT2D eigenvalue weighted by Crippen LogP contribution is -2.02. The van der Waals surface area contributed by atoms with E-state index < -0.39 is 0 Å². The predicted molar refractivity (Wildman–Crippen MR) is 85.4 cm³/mol. The smallest absolute Gasteiger partial charge is 0.155 e. The Labute approximate surface area is 124 Å². The van der Waals surface area contributed by atoms with E-state index in [0.29, 0.717) is 5.82 Å². The molecule has 4 nitrogen and oxygen atoms in total. The second kappa shape index (κ2) is 5.05. The van der Waals surface area contributed by atoms with E-state index in [1.165, 1.54) is 11.1 Å². The molecule has 1 heterocycles. The Bertz CT molecular complexity index is 785. The molecule has 1 aromatic heterocycles. The highest BCUT2D eigenvalue weighted by molar-refractivity contribution is 5.73. The molecule has 0 aliphatic carbocycles. The molecule has 2 aromatic carbocycles. The van der Waals surface area contributed by atoms with Gasteiger partial charge in [-0.2, -0.15) is 4.68 Å². The van der Waals surface area contributed by atoms with Gasteiger partial charge in [-0.25, -0.2) is 0 Å². The van der Waals surface area contributed by atoms with Gasteiger partial charge >= 0.3 is 0 Å². The second-order valence-electron chi connectivity index (χ2n) is 5.39. The van der Waals surface area contributed by atoms with E-state index in [4.69, 9.17) is 5.73 Å². The molecule has 0 aliphatic rings. The summed E-state index contributed by atoms with van der Waals surface area (Å²) >= 11 is 0. The van der Waals surface area contributed by atoms with E-state index in [2.05, 4.69) is 43.2 Å². The molecule has 106 valence electrons. The Hall–Kier alpha value is -2.62. The number of aromatic nitrogens is 3. The first-order valence-electron chi connectivity index (χ1n) is 6.92. The van der Waals surface area contributed by atoms with Crippen molar-refractivity contribution < 1.29 is 0 Å². The molecule has 0 spiro atoms. The van der Waals surface area contributed by atoms with Gasteiger partial charge in [0.1, 0.15) is 5.69 Å². The van der Waals surface area contributed by atoms with Crippen LogP contribution in [0.4, 0.5) is 5.82 Å². The van der Waals surface area contributed by atoms with Crippen molar-refractivity contribution in [2.45, 2.75) is 20.8 Å². The van der Waals surface area contributed by atoms with E-state index in [0.717, 1.165) is 22.5 Å². The molecule has 3 aromatic rings. The minimum atomic E-state index is 0.561. The van der Waals surface area contributed by atoms with Gasteiger partial charge in [-0.1, -0.05) is 46.7 Å². The quantitative estimate of drug-likeness (QED) is 0.781. The van der Waals surface area contributed by atoms with Gasteiger partial charge in [-0.05, 0) is 38.5 Å². The van der Waals surface area contributed by atoms with Crippen molar-refractivity contribution in [1.82, 2.24) is 15.0 Å². The third-order valence-corrected chi connectivity index (χ3v) is 3.62. The maximum atomic E-state index is 6.25. The van der Waals surface area contributed by atoms with Crippen molar-refractivity contribution in [2.24, 2.45) is 0 Å². The molecule has 0 unspecified atom stereocenters. The molecule has 3 rings (SSSR count). The number of nitrogen functional groups attached to an aromatic ring is 1. The average molecular weight is 278 g/mol. The van der Waals surface area contributed by atoms with Crippen LogP contribution in [0.5, 0.6) is 0 Å². The molecule has 0 bridgehead atoms. The van der Waals surface area contributed by atoms with Crippen LogP contribution in [0.15, 0.2) is 42.5 Å². The lowest BCUT2D eigenvalue weighted by atomic mass is 10.0. The van der Waals surface area contributed by atoms with Crippen LogP contribution in [0, 0.1) is 20.8 Å². The first-order valence-corrected chi connectivity index (χ1v) is 6.92. The van der Waals surface area contributed by atoms with Crippen LogP contribution in [0.2, 0.25) is 0 Å². The molecule has 21 heavy (non-hydrogen) atoms. The van der Waals surface area contributed by atoms with E-state index in [9.17, 15) is 0 Å². The summed E-state index contributed by atoms with van der Waals surface area (Å²) in [5.41, 5.74) is 12.5. The Morgan fingerprint density at radius 2 is 1.57 bits per heavy atom. The van der Waals surface area contributed by atoms with E-state index in [1.54, 1.807) is 4.68 Å². The standard InChI is InChI=1S/C17H18N4/c1-11-4-7-14(8-5-11)21-17(18)16(19-20-21)15-9-6-12(2)10-13(15)3/h4-10H,18H2,1-3H3. The monoisotopic (exact) mass is 278 g/mol. The summed E-state index contributed by atoms with van der Waals surface area (Å²) in [6, 6.07) is 14.3. The molecule has 0 saturated carbocycles. The van der Waals surface area contributed by atoms with Gasteiger partial charge in [0, 0.05) is 5.56 Å². The number of rotatable bonds is 2. The third-order valence-electron chi connectivity index (χ3n) is 3.62. The number of anilines is 1. The van der Waals surface area contributed by atoms with Crippen molar-refractivity contribution in [1.29, 1.82) is 0 Å². The lowest BCUT2D eigenvalue weighted by Gasteiger charge is -2.06. The van der Waals surface area contributed by atoms with Crippen molar-refractivity contribution in [2.75, 3.05) is 5.73 Å². The van der Waals surface area contributed by atoms with Crippen LogP contribution in [-0.2, 0) is 0 Å². The fourth-order valence-corrected chi connectivity index (χ4v) is 2.44. The largest absolute Gasteiger partial charge is 0.382 e. The first-order chi connectivity index (χ1) is 10.1. The van der Waals surface area contributed by atoms with Gasteiger partial charge in [0.15, 0.2) is 5.82 Å². The van der Waals surface area contributed by atoms with Gasteiger partial charge in [-0.15, -0.1) is 5.10 Å². The zero-order valence-electron chi connectivity index (χ0n) is 12.5. The zero-order valence-corrected chi connectivity index (χ0v) is 12.5. The summed E-state index contributed by atoms with van der Waals surface area (Å²) in [5, 5.41) is 8.46. The molecule has 4 heteroatoms. The van der Waals surface area contributed by atoms with Gasteiger partial charge in [-0.3, -0.25) is 0 Å². The molecular weight excluding hydrogens is 260 g/mol. The highest BCUT2D eigenvalue weighted by Crippen LogP contribution is 2.28. The number of nitrogens with two attached hydrogens (primary N) is 1. The molecule has 0 saturated heterocycles. The topological polar surface area (TPSA) is 56.7 Å². The Morgan fingerprint density at radius 1 is 0.905 bits per heavy atom. The van der Waals surface area contributed by atoms with Gasteiger partial charge < -0.3 is 5.73 Å². The van der Waals surface area contributed by atoms with Crippen LogP contribution in [0.1, 0.15) is 16.7 Å². The van der Waals surface area contributed by atoms with Crippen molar-refractivity contribution in [3.8, 4) is 16.9 Å². The molecular formula is C17H18N4. The van der Waals surface area contributed by atoms with E-state index >= 15 is 0 Å². The highest BCUT2D eigenvalue weighted by Gasteiger charge is 2.14. The number of nitrogens with zero attached hydrogens (tertiary/aromatic N) is 3. The summed E-state index contributed by atoms with van der Waals surface area (Å²) in [6.07, 6.45) is 0. The molecule has 0 amide bonds. The van der Waals surface area contributed by atoms with Crippen LogP contribution >= 0.6 is 0 Å². The number of benzene rings is 2. The van der Waals surface area contributed by atoms with Crippen molar-refractivity contribution >= 4 is 5.82 Å². The fraction of sp³-hybridized carbons (Fsp3) is 0.176. The van der Waals surface area contributed by atoms with E-state index in [1.807, 2.05) is 30.3 Å². The fourth-order valence-electron chi connectivity index (χ4n) is 2.44. The molecule has 0 radical (unpaired) electrons. The second-order valence-corrected chi connectivity index (χ2v) is 5.39. The third kappa shape index (κ3) is 2.40. The number of hydrogen-bond donors (Lipinski definition) is 1. The van der Waals surface area contributed by atoms with Crippen molar-refractivity contribution in [3.63, 3.8) is 0 Å². The maximum absolute atomic E-state index is 6.25. The summed E-state index contributed by atoms with van der Waals surface area (Å²) < 4.78 is 1.67. The molecule has 0 aliphatic heterocycles. The Morgan fingerprint density at radius 3 is 2.24 bits per heavy atom. The number of aryl methyl sites for hydroxylation is 3. The first kappa shape index (κ1) is 13.4. The average Bonchev–Trinajstić information content (AvgIpc) is 2.82. The highest BCUT2D eigenvalue weighted by atomic mass is 15.5. The van der Waals surface area contributed by atoms with Gasteiger partial charge in [0.25, 0.3) is 0 Å². The predicted octanol–water partition coefficient (Wildman–Crippen LogP) is 3.44. The minimum Gasteiger partial charge on any atom is -0.382 e. The zero-order chi connectivity index (χ0) is 15.0. The summed E-state index contributed by atoms with van der Waals surface area (Å²) in [4.78, 5) is 0. The summed E-state index contributed by atoms with van der Waals surface area (Å²) in [5.74, 6) is 0.561. The molecule has 2 N–H and O–H groups in total. The Kier molecular flexibility index (Phi) is 3.22. The molecule has 0 fully saturated rings. The van der Waals surface area contributed by atoms with Crippen molar-refractivity contribution in [3.05, 3.63) is 59.2 Å². The van der Waals surface area contributed by atoms with Crippen LogP contribution in [0.3, 0.4) is 0 Å². The minimum absolute atomic E-state index is 0.561. The normalized spacial score (nSPS) is 10.8. The summed E-state index contributed by atoms with van der Waals surface area (Å²) in [7, 11) is 0. The van der Waals surface area contributed by atoms with Crippen LogP contribution in [0.25, 0.3) is 16.9 Å². The van der Waals surface area contributed by atoms with E-state index in [-0.39, 0.29) is 0 Å². The summed E-state index contributed by atoms with van der Waals surface area (Å²) in [6.45, 7) is 6.19. The SMILES string of the molecule is Cc1ccc(-n2nnc(-c3ccc(C)cc3C)c2N)cc1. The lowest BCUT2D eigenvalue weighted by molar-refractivity contribution is 0.810. The number of hydrogen-bond acceptors (Lipinski definition) is 3. The van der Waals surface area contributed by atoms with Gasteiger partial charge in [0.2, 0.25) is 0 Å². The Balaban J connectivity index is 2.09.